The molecule has 2 rings (SSSR count). The Labute approximate surface area is 132 Å². The van der Waals surface area contributed by atoms with E-state index in [1.54, 1.807) is 6.92 Å². The van der Waals surface area contributed by atoms with Gasteiger partial charge in [-0.3, -0.25) is 29.4 Å². The van der Waals surface area contributed by atoms with Gasteiger partial charge in [0, 0.05) is 10.9 Å². The first-order valence-corrected chi connectivity index (χ1v) is 7.71. The second kappa shape index (κ2) is 6.71. The topological polar surface area (TPSA) is 107 Å². The van der Waals surface area contributed by atoms with Crippen molar-refractivity contribution < 1.29 is 24.0 Å². The van der Waals surface area contributed by atoms with Crippen molar-refractivity contribution in [1.29, 1.82) is 0 Å². The smallest absolute Gasteiger partial charge is 0.326 e. The lowest BCUT2D eigenvalue weighted by molar-refractivity contribution is -0.380. The molecule has 2 amide bonds. The summed E-state index contributed by atoms with van der Waals surface area (Å²) in [7, 11) is 0. The number of carbonyl (C=O) groups excluding carboxylic acids is 3. The zero-order valence-corrected chi connectivity index (χ0v) is 12.9. The van der Waals surface area contributed by atoms with Gasteiger partial charge < -0.3 is 4.74 Å². The summed E-state index contributed by atoms with van der Waals surface area (Å²) < 4.78 is 4.70. The van der Waals surface area contributed by atoms with E-state index in [9.17, 15) is 24.5 Å². The van der Waals surface area contributed by atoms with Gasteiger partial charge in [0.2, 0.25) is 0 Å². The molecule has 1 saturated heterocycles. The average Bonchev–Trinajstić information content (AvgIpc) is 3.01. The molecular formula is C12H10N2O6S2. The van der Waals surface area contributed by atoms with Gasteiger partial charge in [0.15, 0.2) is 0 Å². The lowest BCUT2D eigenvalue weighted by Gasteiger charge is -2.10. The van der Waals surface area contributed by atoms with Gasteiger partial charge in [-0.15, -0.1) is 0 Å². The highest BCUT2D eigenvalue weighted by Crippen LogP contribution is 2.34. The normalized spacial score (nSPS) is 16.4. The number of nitrogens with zero attached hydrogens (tertiary/aromatic N) is 2. The molecule has 0 N–H and O–H groups in total. The first-order valence-electron chi connectivity index (χ1n) is 6.07. The molecule has 0 radical (unpaired) electrons. The lowest BCUT2D eigenvalue weighted by Crippen LogP contribution is -2.34. The number of esters is 1. The van der Waals surface area contributed by atoms with Gasteiger partial charge in [-0.2, -0.15) is 0 Å². The highest BCUT2D eigenvalue weighted by Gasteiger charge is 2.36. The Morgan fingerprint density at radius 2 is 2.18 bits per heavy atom. The molecule has 1 aliphatic rings. The predicted molar refractivity (Wildman–Crippen MR) is 80.3 cm³/mol. The fourth-order valence-corrected chi connectivity index (χ4v) is 3.29. The molecule has 8 nitrogen and oxygen atoms in total. The molecule has 1 aliphatic heterocycles. The maximum absolute atomic E-state index is 12.1. The lowest BCUT2D eigenvalue weighted by atomic mass is 10.3. The Balaban J connectivity index is 2.14. The minimum atomic E-state index is -0.669. The van der Waals surface area contributed by atoms with Gasteiger partial charge in [0.25, 0.3) is 11.1 Å². The molecule has 1 fully saturated rings. The molecule has 0 aliphatic carbocycles. The van der Waals surface area contributed by atoms with Crippen molar-refractivity contribution in [3.63, 3.8) is 0 Å². The van der Waals surface area contributed by atoms with Crippen LogP contribution in [0.25, 0.3) is 6.08 Å². The third-order valence-electron chi connectivity index (χ3n) is 2.53. The highest BCUT2D eigenvalue weighted by molar-refractivity contribution is 8.18. The number of amides is 2. The maximum Gasteiger partial charge on any atom is 0.326 e. The minimum Gasteiger partial charge on any atom is -0.465 e. The van der Waals surface area contributed by atoms with E-state index < -0.39 is 28.6 Å². The molecule has 10 heteroatoms. The van der Waals surface area contributed by atoms with Crippen LogP contribution in [0.3, 0.4) is 0 Å². The highest BCUT2D eigenvalue weighted by atomic mass is 32.2. The van der Waals surface area contributed by atoms with Crippen LogP contribution in [0.1, 0.15) is 11.8 Å². The second-order valence-corrected chi connectivity index (χ2v) is 6.09. The molecule has 0 atom stereocenters. The van der Waals surface area contributed by atoms with Crippen LogP contribution in [0.5, 0.6) is 0 Å². The molecule has 22 heavy (non-hydrogen) atoms. The number of nitro groups is 1. The molecule has 116 valence electrons. The van der Waals surface area contributed by atoms with E-state index in [1.807, 2.05) is 0 Å². The number of thioether (sulfide) groups is 1. The third-order valence-corrected chi connectivity index (χ3v) is 4.42. The monoisotopic (exact) mass is 342 g/mol. The predicted octanol–water partition coefficient (Wildman–Crippen LogP) is 2.26. The number of carbonyl (C=O) groups is 3. The van der Waals surface area contributed by atoms with Crippen molar-refractivity contribution in [2.45, 2.75) is 6.92 Å². The summed E-state index contributed by atoms with van der Waals surface area (Å²) in [6.45, 7) is 1.33. The van der Waals surface area contributed by atoms with E-state index in [4.69, 9.17) is 4.74 Å². The Bertz CT molecular complexity index is 681. The molecule has 1 aromatic rings. The van der Waals surface area contributed by atoms with Crippen molar-refractivity contribution in [3.8, 4) is 0 Å². The summed E-state index contributed by atoms with van der Waals surface area (Å²) in [5.74, 6) is -1.28. The quantitative estimate of drug-likeness (QED) is 0.349. The molecule has 1 aromatic heterocycles. The molecule has 0 saturated carbocycles. The summed E-state index contributed by atoms with van der Waals surface area (Å²) in [4.78, 5) is 46.7. The molecule has 0 unspecified atom stereocenters. The van der Waals surface area contributed by atoms with Crippen LogP contribution in [0.15, 0.2) is 17.0 Å². The first kappa shape index (κ1) is 16.2. The van der Waals surface area contributed by atoms with Gasteiger partial charge in [-0.1, -0.05) is 11.3 Å². The van der Waals surface area contributed by atoms with Gasteiger partial charge in [0.05, 0.1) is 16.4 Å². The first-order chi connectivity index (χ1) is 10.4. The largest absolute Gasteiger partial charge is 0.465 e. The Kier molecular flexibility index (Phi) is 4.93. The van der Waals surface area contributed by atoms with Gasteiger partial charge in [0.1, 0.15) is 6.54 Å². The zero-order chi connectivity index (χ0) is 16.3. The Hall–Kier alpha value is -2.20. The van der Waals surface area contributed by atoms with E-state index in [1.165, 1.54) is 18.2 Å². The third kappa shape index (κ3) is 3.52. The summed E-state index contributed by atoms with van der Waals surface area (Å²) >= 11 is 1.57. The molecule has 0 aromatic carbocycles. The van der Waals surface area contributed by atoms with Gasteiger partial charge in [-0.05, 0) is 30.8 Å². The summed E-state index contributed by atoms with van der Waals surface area (Å²) in [6.07, 6.45) is 1.40. The molecular weight excluding hydrogens is 332 g/mol. The van der Waals surface area contributed by atoms with Crippen molar-refractivity contribution in [2.75, 3.05) is 13.2 Å². The van der Waals surface area contributed by atoms with Crippen LogP contribution in [-0.2, 0) is 14.3 Å². The van der Waals surface area contributed by atoms with Crippen molar-refractivity contribution in [3.05, 3.63) is 32.0 Å². The van der Waals surface area contributed by atoms with Crippen molar-refractivity contribution >= 4 is 51.3 Å². The zero-order valence-electron chi connectivity index (χ0n) is 11.3. The minimum absolute atomic E-state index is 0.0583. The van der Waals surface area contributed by atoms with Crippen LogP contribution in [0, 0.1) is 10.1 Å². The van der Waals surface area contributed by atoms with Crippen molar-refractivity contribution in [2.24, 2.45) is 0 Å². The number of ether oxygens (including phenoxy) is 1. The molecule has 0 bridgehead atoms. The van der Waals surface area contributed by atoms with E-state index in [2.05, 4.69) is 0 Å². The maximum atomic E-state index is 12.1. The van der Waals surface area contributed by atoms with E-state index >= 15 is 0 Å². The fourth-order valence-electron chi connectivity index (χ4n) is 1.62. The SMILES string of the molecule is CCOC(=O)CN1C(=O)S/C(=C\c2ccc([N+](=O)[O-])s2)C1=O. The van der Waals surface area contributed by atoms with Crippen LogP contribution in [0.4, 0.5) is 9.80 Å². The van der Waals surface area contributed by atoms with Gasteiger partial charge >= 0.3 is 11.0 Å². The van der Waals surface area contributed by atoms with E-state index in [0.29, 0.717) is 16.6 Å². The Morgan fingerprint density at radius 3 is 2.77 bits per heavy atom. The average molecular weight is 342 g/mol. The van der Waals surface area contributed by atoms with E-state index in [0.717, 1.165) is 16.2 Å². The second-order valence-electron chi connectivity index (χ2n) is 4.01. The number of hydrogen-bond acceptors (Lipinski definition) is 8. The van der Waals surface area contributed by atoms with Crippen molar-refractivity contribution in [1.82, 2.24) is 4.90 Å². The number of imide groups is 1. The number of rotatable bonds is 5. The standard InChI is InChI=1S/C12H10N2O6S2/c1-2-20-10(15)6-13-11(16)8(22-12(13)17)5-7-3-4-9(21-7)14(18)19/h3-5H,2,6H2,1H3/b8-5-. The number of hydrogen-bond donors (Lipinski definition) is 0. The Morgan fingerprint density at radius 1 is 1.45 bits per heavy atom. The van der Waals surface area contributed by atoms with Crippen LogP contribution in [0.2, 0.25) is 0 Å². The van der Waals surface area contributed by atoms with E-state index in [-0.39, 0.29) is 16.5 Å². The summed E-state index contributed by atoms with van der Waals surface area (Å²) in [6, 6.07) is 2.81. The molecule has 0 spiro atoms. The van der Waals surface area contributed by atoms with Crippen LogP contribution < -0.4 is 0 Å². The summed E-state index contributed by atoms with van der Waals surface area (Å²) in [5, 5.41) is 9.98. The van der Waals surface area contributed by atoms with Crippen LogP contribution >= 0.6 is 23.1 Å². The summed E-state index contributed by atoms with van der Waals surface area (Å²) in [5.41, 5.74) is 0. The van der Waals surface area contributed by atoms with Gasteiger partial charge in [-0.25, -0.2) is 0 Å². The molecule has 2 heterocycles. The fraction of sp³-hybridized carbons (Fsp3) is 0.250. The van der Waals surface area contributed by atoms with Crippen LogP contribution in [-0.4, -0.2) is 40.1 Å². The number of thiophene rings is 1.